The lowest BCUT2D eigenvalue weighted by molar-refractivity contribution is -0.148. The summed E-state index contributed by atoms with van der Waals surface area (Å²) in [6, 6.07) is 0. The van der Waals surface area contributed by atoms with Gasteiger partial charge in [0.2, 0.25) is 0 Å². The van der Waals surface area contributed by atoms with E-state index in [1.807, 2.05) is 0 Å². The van der Waals surface area contributed by atoms with Crippen molar-refractivity contribution in [3.8, 4) is 0 Å². The Labute approximate surface area is 109 Å². The Morgan fingerprint density at radius 2 is 1.78 bits per heavy atom. The lowest BCUT2D eigenvalue weighted by Gasteiger charge is -2.58. The molecule has 4 aliphatic heterocycles. The number of aliphatic carboxylic acids is 1. The molecular formula is C14H24N2O2. The van der Waals surface area contributed by atoms with E-state index in [9.17, 15) is 9.90 Å². The van der Waals surface area contributed by atoms with Gasteiger partial charge in [-0.25, -0.2) is 0 Å². The number of hydrogen-bond donors (Lipinski definition) is 1. The van der Waals surface area contributed by atoms with Crippen LogP contribution in [-0.2, 0) is 4.79 Å². The average Bonchev–Trinajstić information content (AvgIpc) is 2.40. The van der Waals surface area contributed by atoms with Crippen molar-refractivity contribution < 1.29 is 9.90 Å². The fourth-order valence-corrected chi connectivity index (χ4v) is 4.42. The summed E-state index contributed by atoms with van der Waals surface area (Å²) >= 11 is 0. The number of likely N-dealkylation sites (tertiary alicyclic amines) is 1. The molecule has 0 aromatic carbocycles. The summed E-state index contributed by atoms with van der Waals surface area (Å²) < 4.78 is 0. The molecule has 1 N–H and O–H groups in total. The van der Waals surface area contributed by atoms with E-state index in [0.29, 0.717) is 12.3 Å². The van der Waals surface area contributed by atoms with E-state index in [-0.39, 0.29) is 5.54 Å². The van der Waals surface area contributed by atoms with Gasteiger partial charge < -0.3 is 10.0 Å². The van der Waals surface area contributed by atoms with E-state index in [1.165, 1.54) is 45.2 Å². The van der Waals surface area contributed by atoms with Crippen LogP contribution in [-0.4, -0.2) is 59.1 Å². The predicted octanol–water partition coefficient (Wildman–Crippen LogP) is 1.41. The van der Waals surface area contributed by atoms with Crippen LogP contribution in [0.4, 0.5) is 0 Å². The largest absolute Gasteiger partial charge is 0.481 e. The summed E-state index contributed by atoms with van der Waals surface area (Å²) in [7, 11) is 0. The molecule has 4 heteroatoms. The summed E-state index contributed by atoms with van der Waals surface area (Å²) in [5.41, 5.74) is -0.0528. The van der Waals surface area contributed by atoms with E-state index in [1.54, 1.807) is 0 Å². The van der Waals surface area contributed by atoms with E-state index in [2.05, 4.69) is 9.80 Å². The van der Waals surface area contributed by atoms with Crippen molar-refractivity contribution in [3.05, 3.63) is 0 Å². The SMILES string of the molecule is O=C(O)CC1(N2CCCCC2)CN2CCC1CC2. The molecule has 2 bridgehead atoms. The Hall–Kier alpha value is -0.610. The van der Waals surface area contributed by atoms with Crippen molar-refractivity contribution in [1.29, 1.82) is 0 Å². The topological polar surface area (TPSA) is 43.8 Å². The van der Waals surface area contributed by atoms with Crippen molar-refractivity contribution in [2.24, 2.45) is 5.92 Å². The van der Waals surface area contributed by atoms with E-state index >= 15 is 0 Å². The highest BCUT2D eigenvalue weighted by Gasteiger charge is 2.51. The smallest absolute Gasteiger partial charge is 0.305 e. The molecule has 0 saturated carbocycles. The molecule has 1 unspecified atom stereocenters. The lowest BCUT2D eigenvalue weighted by atomic mass is 9.69. The first-order valence-electron chi connectivity index (χ1n) is 7.40. The van der Waals surface area contributed by atoms with Gasteiger partial charge in [-0.1, -0.05) is 6.42 Å². The van der Waals surface area contributed by atoms with Crippen LogP contribution >= 0.6 is 0 Å². The van der Waals surface area contributed by atoms with Crippen LogP contribution in [0.5, 0.6) is 0 Å². The standard InChI is InChI=1S/C14H24N2O2/c17-13(18)10-14(16-6-2-1-3-7-16)11-15-8-4-12(14)5-9-15/h12H,1-11H2,(H,17,18). The molecule has 0 spiro atoms. The predicted molar refractivity (Wildman–Crippen MR) is 69.6 cm³/mol. The normalized spacial score (nSPS) is 40.9. The van der Waals surface area contributed by atoms with Gasteiger partial charge in [0.1, 0.15) is 0 Å². The average molecular weight is 252 g/mol. The molecule has 0 aromatic rings. The zero-order valence-corrected chi connectivity index (χ0v) is 11.1. The molecule has 4 heterocycles. The van der Waals surface area contributed by atoms with Crippen molar-refractivity contribution in [3.63, 3.8) is 0 Å². The van der Waals surface area contributed by atoms with Crippen LogP contribution in [0.3, 0.4) is 0 Å². The monoisotopic (exact) mass is 252 g/mol. The minimum absolute atomic E-state index is 0.0528. The molecule has 4 nitrogen and oxygen atoms in total. The maximum Gasteiger partial charge on any atom is 0.305 e. The molecule has 102 valence electrons. The van der Waals surface area contributed by atoms with Gasteiger partial charge in [0.15, 0.2) is 0 Å². The lowest BCUT2D eigenvalue weighted by Crippen LogP contribution is -2.68. The molecular weight excluding hydrogens is 228 g/mol. The van der Waals surface area contributed by atoms with Crippen LogP contribution in [0, 0.1) is 5.92 Å². The van der Waals surface area contributed by atoms with Gasteiger partial charge in [-0.3, -0.25) is 9.69 Å². The quantitative estimate of drug-likeness (QED) is 0.825. The Morgan fingerprint density at radius 1 is 1.11 bits per heavy atom. The number of rotatable bonds is 3. The summed E-state index contributed by atoms with van der Waals surface area (Å²) in [6.45, 7) is 5.57. The van der Waals surface area contributed by atoms with Crippen molar-refractivity contribution in [2.45, 2.75) is 44.1 Å². The number of carboxylic acid groups (broad SMARTS) is 1. The van der Waals surface area contributed by atoms with Crippen LogP contribution in [0.2, 0.25) is 0 Å². The highest BCUT2D eigenvalue weighted by molar-refractivity contribution is 5.68. The Kier molecular flexibility index (Phi) is 3.32. The van der Waals surface area contributed by atoms with Gasteiger partial charge in [-0.15, -0.1) is 0 Å². The molecule has 1 atom stereocenters. The molecule has 4 saturated heterocycles. The van der Waals surface area contributed by atoms with E-state index in [4.69, 9.17) is 0 Å². The molecule has 0 radical (unpaired) electrons. The van der Waals surface area contributed by atoms with Crippen LogP contribution in [0.1, 0.15) is 38.5 Å². The van der Waals surface area contributed by atoms with Gasteiger partial charge in [0.25, 0.3) is 0 Å². The molecule has 0 aliphatic carbocycles. The molecule has 0 aromatic heterocycles. The Morgan fingerprint density at radius 3 is 2.28 bits per heavy atom. The third-order valence-corrected chi connectivity index (χ3v) is 5.29. The number of hydrogen-bond acceptors (Lipinski definition) is 3. The second kappa shape index (κ2) is 4.82. The maximum atomic E-state index is 11.3. The molecule has 4 aliphatic rings. The first-order valence-corrected chi connectivity index (χ1v) is 7.40. The third-order valence-electron chi connectivity index (χ3n) is 5.29. The number of fused-ring (bicyclic) bond motifs is 3. The fraction of sp³-hybridized carbons (Fsp3) is 0.929. The number of carbonyl (C=O) groups is 1. The minimum atomic E-state index is -0.616. The highest BCUT2D eigenvalue weighted by atomic mass is 16.4. The molecule has 4 rings (SSSR count). The number of piperidine rings is 4. The van der Waals surface area contributed by atoms with Crippen LogP contribution in [0.15, 0.2) is 0 Å². The minimum Gasteiger partial charge on any atom is -0.481 e. The first kappa shape index (κ1) is 12.4. The summed E-state index contributed by atoms with van der Waals surface area (Å²) in [4.78, 5) is 16.4. The van der Waals surface area contributed by atoms with Gasteiger partial charge in [-0.05, 0) is 57.8 Å². The number of carboxylic acids is 1. The van der Waals surface area contributed by atoms with Gasteiger partial charge >= 0.3 is 5.97 Å². The second-order valence-electron chi connectivity index (χ2n) is 6.27. The van der Waals surface area contributed by atoms with Crippen molar-refractivity contribution in [2.75, 3.05) is 32.7 Å². The highest BCUT2D eigenvalue weighted by Crippen LogP contribution is 2.43. The van der Waals surface area contributed by atoms with Gasteiger partial charge in [0.05, 0.1) is 6.42 Å². The first-order chi connectivity index (χ1) is 8.71. The fourth-order valence-electron chi connectivity index (χ4n) is 4.42. The second-order valence-corrected chi connectivity index (χ2v) is 6.27. The van der Waals surface area contributed by atoms with Crippen molar-refractivity contribution >= 4 is 5.97 Å². The summed E-state index contributed by atoms with van der Waals surface area (Å²) in [5, 5.41) is 9.34. The van der Waals surface area contributed by atoms with Gasteiger partial charge in [0, 0.05) is 12.1 Å². The van der Waals surface area contributed by atoms with Crippen molar-refractivity contribution in [1.82, 2.24) is 9.80 Å². The van der Waals surface area contributed by atoms with Crippen LogP contribution < -0.4 is 0 Å². The van der Waals surface area contributed by atoms with Gasteiger partial charge in [-0.2, -0.15) is 0 Å². The third kappa shape index (κ3) is 2.05. The molecule has 18 heavy (non-hydrogen) atoms. The van der Waals surface area contributed by atoms with Crippen LogP contribution in [0.25, 0.3) is 0 Å². The van der Waals surface area contributed by atoms with E-state index in [0.717, 1.165) is 19.6 Å². The zero-order chi connectivity index (χ0) is 12.6. The van der Waals surface area contributed by atoms with E-state index < -0.39 is 5.97 Å². The molecule has 4 fully saturated rings. The molecule has 0 amide bonds. The summed E-state index contributed by atoms with van der Waals surface area (Å²) in [6.07, 6.45) is 6.54. The zero-order valence-electron chi connectivity index (χ0n) is 11.1. The Bertz CT molecular complexity index is 320. The number of nitrogens with zero attached hydrogens (tertiary/aromatic N) is 2. The summed E-state index contributed by atoms with van der Waals surface area (Å²) in [5.74, 6) is -0.00831. The Balaban J connectivity index is 1.85. The maximum absolute atomic E-state index is 11.3.